The van der Waals surface area contributed by atoms with Gasteiger partial charge in [0.05, 0.1) is 7.11 Å². The van der Waals surface area contributed by atoms with Gasteiger partial charge >= 0.3 is 5.97 Å². The molecule has 5 nitrogen and oxygen atoms in total. The topological polar surface area (TPSA) is 81.4 Å². The van der Waals surface area contributed by atoms with Gasteiger partial charge in [-0.25, -0.2) is 0 Å². The van der Waals surface area contributed by atoms with Gasteiger partial charge in [0, 0.05) is 25.1 Å². The lowest BCUT2D eigenvalue weighted by Crippen LogP contribution is -2.16. The number of benzene rings is 1. The molecule has 19 heavy (non-hydrogen) atoms. The standard InChI is InChI=1S/C13H18N2O3.ClH/c1-18-13(17)7-4-10-2-5-11(6-3-10)15-12(16)8-9-14;/h2-3,5-6H,4,7-9,14H2,1H3,(H,15,16);1H. The maximum absolute atomic E-state index is 11.3. The largest absolute Gasteiger partial charge is 0.469 e. The fourth-order valence-electron chi connectivity index (χ4n) is 1.46. The van der Waals surface area contributed by atoms with Crippen LogP contribution in [-0.2, 0) is 20.7 Å². The van der Waals surface area contributed by atoms with Crippen LogP contribution in [0, 0.1) is 0 Å². The Kier molecular flexibility index (Phi) is 8.57. The fraction of sp³-hybridized carbons (Fsp3) is 0.385. The van der Waals surface area contributed by atoms with Crippen LogP contribution in [0.2, 0.25) is 0 Å². The summed E-state index contributed by atoms with van der Waals surface area (Å²) in [4.78, 5) is 22.3. The number of hydrogen-bond donors (Lipinski definition) is 2. The first-order valence-corrected chi connectivity index (χ1v) is 5.81. The van der Waals surface area contributed by atoms with Crippen molar-refractivity contribution in [2.24, 2.45) is 5.73 Å². The van der Waals surface area contributed by atoms with Crippen molar-refractivity contribution in [3.63, 3.8) is 0 Å². The molecule has 1 aromatic carbocycles. The van der Waals surface area contributed by atoms with Crippen LogP contribution in [-0.4, -0.2) is 25.5 Å². The summed E-state index contributed by atoms with van der Waals surface area (Å²) >= 11 is 0. The van der Waals surface area contributed by atoms with Crippen molar-refractivity contribution in [2.75, 3.05) is 19.0 Å². The second-order valence-electron chi connectivity index (χ2n) is 3.86. The zero-order chi connectivity index (χ0) is 13.4. The summed E-state index contributed by atoms with van der Waals surface area (Å²) in [6.45, 7) is 0.336. The normalized spacial score (nSPS) is 9.37. The number of halogens is 1. The van der Waals surface area contributed by atoms with Gasteiger partial charge in [0.1, 0.15) is 0 Å². The van der Waals surface area contributed by atoms with Crippen LogP contribution in [0.25, 0.3) is 0 Å². The van der Waals surface area contributed by atoms with Crippen molar-refractivity contribution >= 4 is 30.0 Å². The summed E-state index contributed by atoms with van der Waals surface area (Å²) in [5.41, 5.74) is 7.04. The van der Waals surface area contributed by atoms with E-state index in [2.05, 4.69) is 10.1 Å². The number of carbonyl (C=O) groups excluding carboxylic acids is 2. The van der Waals surface area contributed by atoms with Gasteiger partial charge in [0.25, 0.3) is 0 Å². The number of esters is 1. The number of amides is 1. The molecule has 0 aromatic heterocycles. The molecule has 0 aliphatic rings. The Balaban J connectivity index is 0.00000324. The second-order valence-corrected chi connectivity index (χ2v) is 3.86. The highest BCUT2D eigenvalue weighted by atomic mass is 35.5. The molecule has 3 N–H and O–H groups in total. The maximum atomic E-state index is 11.3. The molecule has 0 unspecified atom stereocenters. The van der Waals surface area contributed by atoms with Crippen molar-refractivity contribution < 1.29 is 14.3 Å². The van der Waals surface area contributed by atoms with E-state index in [0.717, 1.165) is 11.3 Å². The SMILES string of the molecule is COC(=O)CCc1ccc(NC(=O)CCN)cc1.Cl. The van der Waals surface area contributed by atoms with Gasteiger partial charge in [-0.1, -0.05) is 12.1 Å². The van der Waals surface area contributed by atoms with E-state index >= 15 is 0 Å². The Hall–Kier alpha value is -1.59. The fourth-order valence-corrected chi connectivity index (χ4v) is 1.46. The molecule has 0 aliphatic heterocycles. The summed E-state index contributed by atoms with van der Waals surface area (Å²) in [6, 6.07) is 7.37. The predicted octanol–water partition coefficient (Wildman–Crippen LogP) is 1.50. The van der Waals surface area contributed by atoms with Gasteiger partial charge in [-0.15, -0.1) is 12.4 Å². The Labute approximate surface area is 118 Å². The highest BCUT2D eigenvalue weighted by Crippen LogP contribution is 2.11. The molecule has 0 saturated carbocycles. The molecule has 0 atom stereocenters. The number of carbonyl (C=O) groups is 2. The average molecular weight is 287 g/mol. The Morgan fingerprint density at radius 2 is 1.84 bits per heavy atom. The molecule has 0 aliphatic carbocycles. The third-order valence-corrected chi connectivity index (χ3v) is 2.45. The van der Waals surface area contributed by atoms with Crippen LogP contribution >= 0.6 is 12.4 Å². The highest BCUT2D eigenvalue weighted by molar-refractivity contribution is 5.90. The van der Waals surface area contributed by atoms with Gasteiger partial charge in [-0.05, 0) is 24.1 Å². The third-order valence-electron chi connectivity index (χ3n) is 2.45. The summed E-state index contributed by atoms with van der Waals surface area (Å²) in [5.74, 6) is -0.324. The van der Waals surface area contributed by atoms with Gasteiger partial charge in [-0.2, -0.15) is 0 Å². The Morgan fingerprint density at radius 3 is 2.37 bits per heavy atom. The van der Waals surface area contributed by atoms with Crippen LogP contribution in [0.4, 0.5) is 5.69 Å². The summed E-state index contributed by atoms with van der Waals surface area (Å²) < 4.78 is 4.57. The monoisotopic (exact) mass is 286 g/mol. The summed E-state index contributed by atoms with van der Waals surface area (Å²) in [6.07, 6.45) is 1.29. The number of nitrogens with two attached hydrogens (primary N) is 1. The molecular weight excluding hydrogens is 268 g/mol. The number of ether oxygens (including phenoxy) is 1. The van der Waals surface area contributed by atoms with Crippen molar-refractivity contribution in [2.45, 2.75) is 19.3 Å². The van der Waals surface area contributed by atoms with E-state index in [1.165, 1.54) is 7.11 Å². The molecule has 0 bridgehead atoms. The molecule has 0 radical (unpaired) electrons. The number of anilines is 1. The number of rotatable bonds is 6. The minimum atomic E-state index is -0.227. The van der Waals surface area contributed by atoms with Crippen LogP contribution in [0.15, 0.2) is 24.3 Å². The first-order valence-electron chi connectivity index (χ1n) is 5.81. The van der Waals surface area contributed by atoms with Gasteiger partial charge in [0.2, 0.25) is 5.91 Å². The minimum Gasteiger partial charge on any atom is -0.469 e. The molecular formula is C13H19ClN2O3. The Bertz CT molecular complexity index is 407. The third kappa shape index (κ3) is 6.79. The van der Waals surface area contributed by atoms with E-state index in [9.17, 15) is 9.59 Å². The number of hydrogen-bond acceptors (Lipinski definition) is 4. The number of nitrogens with one attached hydrogen (secondary N) is 1. The Morgan fingerprint density at radius 1 is 1.21 bits per heavy atom. The average Bonchev–Trinajstić information content (AvgIpc) is 2.37. The van der Waals surface area contributed by atoms with Crippen molar-refractivity contribution in [1.82, 2.24) is 0 Å². The van der Waals surface area contributed by atoms with Crippen molar-refractivity contribution in [1.29, 1.82) is 0 Å². The predicted molar refractivity (Wildman–Crippen MR) is 76.3 cm³/mol. The molecule has 0 spiro atoms. The summed E-state index contributed by atoms with van der Waals surface area (Å²) in [7, 11) is 1.37. The second kappa shape index (κ2) is 9.35. The van der Waals surface area contributed by atoms with Crippen molar-refractivity contribution in [3.05, 3.63) is 29.8 Å². The zero-order valence-electron chi connectivity index (χ0n) is 10.8. The minimum absolute atomic E-state index is 0. The quantitative estimate of drug-likeness (QED) is 0.777. The highest BCUT2D eigenvalue weighted by Gasteiger charge is 2.03. The van der Waals surface area contributed by atoms with Crippen LogP contribution in [0.1, 0.15) is 18.4 Å². The maximum Gasteiger partial charge on any atom is 0.305 e. The first kappa shape index (κ1) is 17.4. The molecule has 1 rings (SSSR count). The number of aryl methyl sites for hydroxylation is 1. The lowest BCUT2D eigenvalue weighted by molar-refractivity contribution is -0.140. The van der Waals surface area contributed by atoms with E-state index in [1.54, 1.807) is 12.1 Å². The van der Waals surface area contributed by atoms with E-state index < -0.39 is 0 Å². The lowest BCUT2D eigenvalue weighted by atomic mass is 10.1. The van der Waals surface area contributed by atoms with E-state index in [-0.39, 0.29) is 24.3 Å². The van der Waals surface area contributed by atoms with Crippen LogP contribution in [0.5, 0.6) is 0 Å². The van der Waals surface area contributed by atoms with Crippen molar-refractivity contribution in [3.8, 4) is 0 Å². The van der Waals surface area contributed by atoms with Crippen LogP contribution < -0.4 is 11.1 Å². The molecule has 0 fully saturated rings. The molecule has 1 aromatic rings. The lowest BCUT2D eigenvalue weighted by Gasteiger charge is -2.05. The van der Waals surface area contributed by atoms with Gasteiger partial charge in [-0.3, -0.25) is 9.59 Å². The smallest absolute Gasteiger partial charge is 0.305 e. The molecule has 106 valence electrons. The molecule has 0 saturated heterocycles. The molecule has 6 heteroatoms. The first-order chi connectivity index (χ1) is 8.65. The van der Waals surface area contributed by atoms with E-state index in [4.69, 9.17) is 5.73 Å². The summed E-state index contributed by atoms with van der Waals surface area (Å²) in [5, 5.41) is 2.74. The van der Waals surface area contributed by atoms with Crippen LogP contribution in [0.3, 0.4) is 0 Å². The van der Waals surface area contributed by atoms with E-state index in [1.807, 2.05) is 12.1 Å². The van der Waals surface area contributed by atoms with E-state index in [0.29, 0.717) is 25.8 Å². The number of methoxy groups -OCH3 is 1. The molecule has 0 heterocycles. The zero-order valence-corrected chi connectivity index (χ0v) is 11.7. The van der Waals surface area contributed by atoms with Gasteiger partial charge < -0.3 is 15.8 Å². The van der Waals surface area contributed by atoms with Gasteiger partial charge in [0.15, 0.2) is 0 Å². The molecule has 1 amide bonds.